The maximum atomic E-state index is 6.40. The number of pyridine rings is 1. The van der Waals surface area contributed by atoms with Gasteiger partial charge in [0.15, 0.2) is 0 Å². The number of para-hydroxylation sites is 1. The van der Waals surface area contributed by atoms with Crippen molar-refractivity contribution in [3.8, 4) is 22.4 Å². The van der Waals surface area contributed by atoms with Crippen LogP contribution in [0.5, 0.6) is 0 Å². The van der Waals surface area contributed by atoms with Crippen molar-refractivity contribution >= 4 is 17.2 Å². The molecule has 39 heavy (non-hydrogen) atoms. The molecular weight excluding hydrogens is 476 g/mol. The van der Waals surface area contributed by atoms with E-state index in [9.17, 15) is 0 Å². The summed E-state index contributed by atoms with van der Waals surface area (Å²) in [6.45, 7) is 1.72. The average Bonchev–Trinajstić information content (AvgIpc) is 2.99. The van der Waals surface area contributed by atoms with E-state index in [-0.39, 0.29) is 0 Å². The first-order valence-electron chi connectivity index (χ1n) is 13.8. The number of benzene rings is 4. The fourth-order valence-corrected chi connectivity index (χ4v) is 4.96. The van der Waals surface area contributed by atoms with E-state index >= 15 is 0 Å². The van der Waals surface area contributed by atoms with Crippen molar-refractivity contribution in [1.82, 2.24) is 4.98 Å². The molecule has 0 atom stereocenters. The first-order chi connectivity index (χ1) is 19.3. The lowest BCUT2D eigenvalue weighted by Gasteiger charge is -2.19. The summed E-state index contributed by atoms with van der Waals surface area (Å²) in [6, 6.07) is 42.1. The van der Waals surface area contributed by atoms with Gasteiger partial charge in [0.25, 0.3) is 0 Å². The van der Waals surface area contributed by atoms with Gasteiger partial charge in [-0.1, -0.05) is 109 Å². The largest absolute Gasteiger partial charge is 0.384 e. The third kappa shape index (κ3) is 7.05. The molecule has 0 unspecified atom stereocenters. The number of nitrogen functional groups attached to an aromatic ring is 1. The molecule has 1 heterocycles. The Labute approximate surface area is 232 Å². The number of nitrogens with two attached hydrogens (primary N) is 1. The number of nitrogens with one attached hydrogen (secondary N) is 2. The molecule has 4 nitrogen and oxygen atoms in total. The molecular formula is C35H36N4. The number of anilines is 3. The number of aromatic nitrogens is 1. The van der Waals surface area contributed by atoms with Crippen molar-refractivity contribution < 1.29 is 0 Å². The highest BCUT2D eigenvalue weighted by atomic mass is 14.9. The van der Waals surface area contributed by atoms with Crippen LogP contribution in [0.15, 0.2) is 121 Å². The smallest absolute Gasteiger partial charge is 0.126 e. The van der Waals surface area contributed by atoms with E-state index in [1.54, 1.807) is 0 Å². The molecule has 0 aliphatic carbocycles. The van der Waals surface area contributed by atoms with Crippen molar-refractivity contribution in [2.45, 2.75) is 25.7 Å². The lowest BCUT2D eigenvalue weighted by atomic mass is 9.96. The summed E-state index contributed by atoms with van der Waals surface area (Å²) in [5, 5.41) is 7.35. The monoisotopic (exact) mass is 512 g/mol. The molecule has 5 aromatic rings. The van der Waals surface area contributed by atoms with Crippen molar-refractivity contribution in [3.63, 3.8) is 0 Å². The van der Waals surface area contributed by atoms with Crippen molar-refractivity contribution in [1.29, 1.82) is 0 Å². The molecule has 0 bridgehead atoms. The second-order valence-electron chi connectivity index (χ2n) is 9.76. The fraction of sp³-hybridized carbons (Fsp3) is 0.171. The first kappa shape index (κ1) is 26.1. The van der Waals surface area contributed by atoms with E-state index in [4.69, 9.17) is 10.7 Å². The number of hydrogen-bond donors (Lipinski definition) is 3. The van der Waals surface area contributed by atoms with E-state index in [2.05, 4.69) is 120 Å². The lowest BCUT2D eigenvalue weighted by Crippen LogP contribution is -2.08. The van der Waals surface area contributed by atoms with Gasteiger partial charge in [-0.25, -0.2) is 4.98 Å². The summed E-state index contributed by atoms with van der Waals surface area (Å²) in [7, 11) is 0. The molecule has 4 aromatic carbocycles. The van der Waals surface area contributed by atoms with E-state index in [1.165, 1.54) is 11.1 Å². The molecule has 0 aliphatic heterocycles. The van der Waals surface area contributed by atoms with Gasteiger partial charge in [-0.3, -0.25) is 0 Å². The molecule has 4 N–H and O–H groups in total. The van der Waals surface area contributed by atoms with Gasteiger partial charge in [-0.2, -0.15) is 0 Å². The van der Waals surface area contributed by atoms with Gasteiger partial charge in [0.2, 0.25) is 0 Å². The highest BCUT2D eigenvalue weighted by Gasteiger charge is 2.18. The minimum atomic E-state index is 0.508. The molecule has 0 saturated carbocycles. The third-order valence-corrected chi connectivity index (χ3v) is 6.88. The first-order valence-corrected chi connectivity index (χ1v) is 13.8. The fourth-order valence-electron chi connectivity index (χ4n) is 4.96. The van der Waals surface area contributed by atoms with Gasteiger partial charge in [0.05, 0.1) is 5.69 Å². The highest BCUT2D eigenvalue weighted by Crippen LogP contribution is 2.40. The Bertz CT molecular complexity index is 1450. The van der Waals surface area contributed by atoms with Crippen LogP contribution < -0.4 is 16.4 Å². The zero-order chi connectivity index (χ0) is 26.7. The molecule has 0 aliphatic rings. The minimum Gasteiger partial charge on any atom is -0.384 e. The number of nitrogens with zero attached hydrogens (tertiary/aromatic N) is 1. The normalized spacial score (nSPS) is 10.8. The molecule has 0 radical (unpaired) electrons. The number of rotatable bonds is 12. The average molecular weight is 513 g/mol. The Kier molecular flexibility index (Phi) is 8.88. The van der Waals surface area contributed by atoms with Crippen LogP contribution in [-0.4, -0.2) is 18.1 Å². The van der Waals surface area contributed by atoms with Gasteiger partial charge < -0.3 is 16.4 Å². The Balaban J connectivity index is 1.39. The van der Waals surface area contributed by atoms with Gasteiger partial charge in [0, 0.05) is 41.7 Å². The summed E-state index contributed by atoms with van der Waals surface area (Å²) < 4.78 is 0. The molecule has 196 valence electrons. The Morgan fingerprint density at radius 2 is 1.08 bits per heavy atom. The molecule has 0 amide bonds. The maximum Gasteiger partial charge on any atom is 0.126 e. The Morgan fingerprint density at radius 3 is 1.69 bits per heavy atom. The summed E-state index contributed by atoms with van der Waals surface area (Å²) in [5.74, 6) is 0.508. The quantitative estimate of drug-likeness (QED) is 0.148. The third-order valence-electron chi connectivity index (χ3n) is 6.88. The molecule has 0 spiro atoms. The van der Waals surface area contributed by atoms with Crippen LogP contribution in [0.1, 0.15) is 24.0 Å². The van der Waals surface area contributed by atoms with Crippen LogP contribution >= 0.6 is 0 Å². The predicted octanol–water partition coefficient (Wildman–Crippen LogP) is 8.09. The van der Waals surface area contributed by atoms with Crippen LogP contribution in [0.2, 0.25) is 0 Å². The van der Waals surface area contributed by atoms with Crippen LogP contribution in [0.4, 0.5) is 17.2 Å². The number of hydrogen-bond acceptors (Lipinski definition) is 4. The SMILES string of the molecule is Nc1cc(NCCCc2ccccc2)c(-c2ccccc2)c(-c2ccccc2NCCCc2ccccc2)n1. The molecule has 0 fully saturated rings. The molecule has 4 heteroatoms. The molecule has 0 saturated heterocycles. The topological polar surface area (TPSA) is 63.0 Å². The summed E-state index contributed by atoms with van der Waals surface area (Å²) in [6.07, 6.45) is 4.13. The standard InChI is InChI=1S/C35H36N4/c36-33-26-32(38-25-13-19-28-16-6-2-7-17-28)34(29-20-8-3-9-21-29)35(39-33)30-22-10-11-23-31(30)37-24-12-18-27-14-4-1-5-15-27/h1-11,14-17,20-23,26,37H,12-13,18-19,24-25H2,(H3,36,38,39). The van der Waals surface area contributed by atoms with Crippen molar-refractivity contribution in [2.24, 2.45) is 0 Å². The summed E-state index contributed by atoms with van der Waals surface area (Å²) in [4.78, 5) is 4.89. The van der Waals surface area contributed by atoms with Crippen molar-refractivity contribution in [2.75, 3.05) is 29.5 Å². The van der Waals surface area contributed by atoms with Gasteiger partial charge in [-0.15, -0.1) is 0 Å². The van der Waals surface area contributed by atoms with Crippen molar-refractivity contribution in [3.05, 3.63) is 132 Å². The van der Waals surface area contributed by atoms with Crippen LogP contribution in [-0.2, 0) is 12.8 Å². The van der Waals surface area contributed by atoms with Gasteiger partial charge in [0.1, 0.15) is 5.82 Å². The number of aryl methyl sites for hydroxylation is 2. The maximum absolute atomic E-state index is 6.40. The van der Waals surface area contributed by atoms with Crippen LogP contribution in [0.25, 0.3) is 22.4 Å². The zero-order valence-corrected chi connectivity index (χ0v) is 22.3. The van der Waals surface area contributed by atoms with E-state index in [0.717, 1.165) is 72.5 Å². The van der Waals surface area contributed by atoms with Gasteiger partial charge >= 0.3 is 0 Å². The lowest BCUT2D eigenvalue weighted by molar-refractivity contribution is 0.862. The van der Waals surface area contributed by atoms with E-state index < -0.39 is 0 Å². The van der Waals surface area contributed by atoms with Gasteiger partial charge in [-0.05, 0) is 48.4 Å². The van der Waals surface area contributed by atoms with Crippen LogP contribution in [0.3, 0.4) is 0 Å². The Hall–Kier alpha value is -4.57. The summed E-state index contributed by atoms with van der Waals surface area (Å²) >= 11 is 0. The van der Waals surface area contributed by atoms with Crippen LogP contribution in [0, 0.1) is 0 Å². The highest BCUT2D eigenvalue weighted by molar-refractivity contribution is 5.94. The second-order valence-corrected chi connectivity index (χ2v) is 9.76. The predicted molar refractivity (Wildman–Crippen MR) is 166 cm³/mol. The molecule has 5 rings (SSSR count). The second kappa shape index (κ2) is 13.3. The van der Waals surface area contributed by atoms with E-state index in [1.807, 2.05) is 12.1 Å². The summed E-state index contributed by atoms with van der Waals surface area (Å²) in [5.41, 5.74) is 15.3. The van der Waals surface area contributed by atoms with E-state index in [0.29, 0.717) is 5.82 Å². The Morgan fingerprint density at radius 1 is 0.564 bits per heavy atom. The minimum absolute atomic E-state index is 0.508. The molecule has 1 aromatic heterocycles. The zero-order valence-electron chi connectivity index (χ0n) is 22.3.